The van der Waals surface area contributed by atoms with Gasteiger partial charge in [-0.05, 0) is 12.5 Å². The van der Waals surface area contributed by atoms with Gasteiger partial charge in [0.15, 0.2) is 0 Å². The van der Waals surface area contributed by atoms with Crippen molar-refractivity contribution in [1.82, 2.24) is 16.0 Å². The standard InChI is InChI=1S/C17H24N4O5S/c1-10(15(23)21-13(9-27)17(25)26)19-16(24)12(20-14(22)8-18)7-11-5-3-2-4-6-11/h2-6,10,12-13,27H,7-9,18H2,1H3,(H,19,24)(H,20,22)(H,21,23)(H,25,26). The highest BCUT2D eigenvalue weighted by Crippen LogP contribution is 2.04. The van der Waals surface area contributed by atoms with Crippen LogP contribution >= 0.6 is 12.6 Å². The summed E-state index contributed by atoms with van der Waals surface area (Å²) in [6, 6.07) is 5.92. The van der Waals surface area contributed by atoms with Crippen molar-refractivity contribution in [3.63, 3.8) is 0 Å². The van der Waals surface area contributed by atoms with Crippen LogP contribution in [0.3, 0.4) is 0 Å². The monoisotopic (exact) mass is 396 g/mol. The van der Waals surface area contributed by atoms with Crippen LogP contribution in [0.1, 0.15) is 12.5 Å². The average Bonchev–Trinajstić information content (AvgIpc) is 2.65. The van der Waals surface area contributed by atoms with Gasteiger partial charge in [-0.15, -0.1) is 0 Å². The highest BCUT2D eigenvalue weighted by atomic mass is 32.1. The predicted octanol–water partition coefficient (Wildman–Crippen LogP) is -1.32. The molecule has 1 aromatic rings. The molecule has 3 unspecified atom stereocenters. The molecule has 148 valence electrons. The summed E-state index contributed by atoms with van der Waals surface area (Å²) in [4.78, 5) is 47.2. The maximum atomic E-state index is 12.5. The summed E-state index contributed by atoms with van der Waals surface area (Å²) in [5.41, 5.74) is 6.10. The van der Waals surface area contributed by atoms with Crippen molar-refractivity contribution in [2.45, 2.75) is 31.5 Å². The first kappa shape index (κ1) is 22.5. The molecule has 27 heavy (non-hydrogen) atoms. The predicted molar refractivity (Wildman–Crippen MR) is 102 cm³/mol. The molecule has 0 aromatic heterocycles. The minimum Gasteiger partial charge on any atom is -0.480 e. The molecular formula is C17H24N4O5S. The molecule has 0 aliphatic carbocycles. The van der Waals surface area contributed by atoms with Crippen molar-refractivity contribution >= 4 is 36.3 Å². The second-order valence-corrected chi connectivity index (χ2v) is 6.19. The molecule has 0 aliphatic rings. The summed E-state index contributed by atoms with van der Waals surface area (Å²) in [6.07, 6.45) is 0.209. The van der Waals surface area contributed by atoms with Crippen LogP contribution in [0.25, 0.3) is 0 Å². The van der Waals surface area contributed by atoms with Crippen LogP contribution in [0.4, 0.5) is 0 Å². The fourth-order valence-electron chi connectivity index (χ4n) is 2.17. The van der Waals surface area contributed by atoms with Gasteiger partial charge in [-0.25, -0.2) is 4.79 Å². The van der Waals surface area contributed by atoms with E-state index in [4.69, 9.17) is 10.8 Å². The lowest BCUT2D eigenvalue weighted by atomic mass is 10.0. The van der Waals surface area contributed by atoms with E-state index in [0.29, 0.717) is 0 Å². The van der Waals surface area contributed by atoms with Crippen LogP contribution in [0.2, 0.25) is 0 Å². The van der Waals surface area contributed by atoms with Crippen molar-refractivity contribution in [2.24, 2.45) is 5.73 Å². The largest absolute Gasteiger partial charge is 0.480 e. The molecule has 1 aromatic carbocycles. The van der Waals surface area contributed by atoms with Gasteiger partial charge in [0.1, 0.15) is 18.1 Å². The van der Waals surface area contributed by atoms with Crippen molar-refractivity contribution in [3.8, 4) is 0 Å². The quantitative estimate of drug-likeness (QED) is 0.270. The molecule has 3 amide bonds. The molecule has 9 nitrogen and oxygen atoms in total. The van der Waals surface area contributed by atoms with Crippen LogP contribution in [0.5, 0.6) is 0 Å². The van der Waals surface area contributed by atoms with Gasteiger partial charge in [-0.2, -0.15) is 12.6 Å². The van der Waals surface area contributed by atoms with E-state index in [1.807, 2.05) is 6.07 Å². The first-order valence-electron chi connectivity index (χ1n) is 8.26. The highest BCUT2D eigenvalue weighted by Gasteiger charge is 2.26. The molecule has 0 saturated carbocycles. The number of aliphatic carboxylic acids is 1. The van der Waals surface area contributed by atoms with E-state index < -0.39 is 41.8 Å². The topological polar surface area (TPSA) is 151 Å². The molecular weight excluding hydrogens is 372 g/mol. The molecule has 0 saturated heterocycles. The maximum Gasteiger partial charge on any atom is 0.327 e. The Morgan fingerprint density at radius 1 is 1.04 bits per heavy atom. The molecule has 3 atom stereocenters. The number of amides is 3. The van der Waals surface area contributed by atoms with Crippen molar-refractivity contribution < 1.29 is 24.3 Å². The Bertz CT molecular complexity index is 671. The minimum absolute atomic E-state index is 0.0923. The van der Waals surface area contributed by atoms with E-state index in [1.165, 1.54) is 6.92 Å². The lowest BCUT2D eigenvalue weighted by Gasteiger charge is -2.22. The van der Waals surface area contributed by atoms with E-state index in [9.17, 15) is 19.2 Å². The summed E-state index contributed by atoms with van der Waals surface area (Å²) in [6.45, 7) is 1.13. The van der Waals surface area contributed by atoms with E-state index in [-0.39, 0.29) is 18.7 Å². The number of benzene rings is 1. The molecule has 10 heteroatoms. The van der Waals surface area contributed by atoms with Gasteiger partial charge in [0.05, 0.1) is 6.54 Å². The number of carbonyl (C=O) groups is 4. The third-order valence-electron chi connectivity index (χ3n) is 3.67. The van der Waals surface area contributed by atoms with E-state index in [2.05, 4.69) is 28.6 Å². The smallest absolute Gasteiger partial charge is 0.327 e. The van der Waals surface area contributed by atoms with Gasteiger partial charge in [0, 0.05) is 12.2 Å². The fourth-order valence-corrected chi connectivity index (χ4v) is 2.42. The third-order valence-corrected chi connectivity index (χ3v) is 4.03. The van der Waals surface area contributed by atoms with E-state index >= 15 is 0 Å². The molecule has 0 spiro atoms. The molecule has 0 bridgehead atoms. The van der Waals surface area contributed by atoms with Crippen molar-refractivity contribution in [2.75, 3.05) is 12.3 Å². The summed E-state index contributed by atoms with van der Waals surface area (Å²) >= 11 is 3.86. The minimum atomic E-state index is -1.23. The summed E-state index contributed by atoms with van der Waals surface area (Å²) < 4.78 is 0. The van der Waals surface area contributed by atoms with E-state index in [1.54, 1.807) is 24.3 Å². The number of hydrogen-bond donors (Lipinski definition) is 6. The third kappa shape index (κ3) is 7.67. The van der Waals surface area contributed by atoms with Gasteiger partial charge < -0.3 is 26.8 Å². The van der Waals surface area contributed by atoms with Crippen LogP contribution in [-0.4, -0.2) is 59.2 Å². The first-order chi connectivity index (χ1) is 12.8. The number of carboxylic acids is 1. The Morgan fingerprint density at radius 2 is 1.67 bits per heavy atom. The highest BCUT2D eigenvalue weighted by molar-refractivity contribution is 7.80. The Balaban J connectivity index is 2.77. The van der Waals surface area contributed by atoms with Gasteiger partial charge in [0.25, 0.3) is 0 Å². The fraction of sp³-hybridized carbons (Fsp3) is 0.412. The zero-order chi connectivity index (χ0) is 20.4. The van der Waals surface area contributed by atoms with Crippen LogP contribution in [0.15, 0.2) is 30.3 Å². The lowest BCUT2D eigenvalue weighted by Crippen LogP contribution is -2.56. The second-order valence-electron chi connectivity index (χ2n) is 5.83. The molecule has 6 N–H and O–H groups in total. The number of hydrogen-bond acceptors (Lipinski definition) is 6. The molecule has 0 radical (unpaired) electrons. The Morgan fingerprint density at radius 3 is 2.19 bits per heavy atom. The van der Waals surface area contributed by atoms with Gasteiger partial charge in [0.2, 0.25) is 17.7 Å². The SMILES string of the molecule is CC(NC(=O)C(Cc1ccccc1)NC(=O)CN)C(=O)NC(CS)C(=O)O. The maximum absolute atomic E-state index is 12.5. The number of carbonyl (C=O) groups excluding carboxylic acids is 3. The number of carboxylic acid groups (broad SMARTS) is 1. The lowest BCUT2D eigenvalue weighted by molar-refractivity contribution is -0.141. The van der Waals surface area contributed by atoms with Gasteiger partial charge in [-0.1, -0.05) is 30.3 Å². The normalized spacial score (nSPS) is 13.7. The molecule has 0 aliphatic heterocycles. The Hall–Kier alpha value is -2.59. The van der Waals surface area contributed by atoms with Crippen LogP contribution in [-0.2, 0) is 25.6 Å². The van der Waals surface area contributed by atoms with Gasteiger partial charge in [-0.3, -0.25) is 14.4 Å². The van der Waals surface area contributed by atoms with Crippen LogP contribution in [0, 0.1) is 0 Å². The van der Waals surface area contributed by atoms with Crippen LogP contribution < -0.4 is 21.7 Å². The second kappa shape index (κ2) is 11.2. The van der Waals surface area contributed by atoms with Crippen molar-refractivity contribution in [3.05, 3.63) is 35.9 Å². The number of thiol groups is 1. The average molecular weight is 396 g/mol. The molecule has 0 fully saturated rings. The van der Waals surface area contributed by atoms with E-state index in [0.717, 1.165) is 5.56 Å². The van der Waals surface area contributed by atoms with Crippen molar-refractivity contribution in [1.29, 1.82) is 0 Å². The summed E-state index contributed by atoms with van der Waals surface area (Å²) in [7, 11) is 0. The zero-order valence-corrected chi connectivity index (χ0v) is 15.7. The van der Waals surface area contributed by atoms with Gasteiger partial charge >= 0.3 is 5.97 Å². The summed E-state index contributed by atoms with van der Waals surface area (Å²) in [5.74, 6) is -3.09. The molecule has 1 rings (SSSR count). The number of nitrogens with two attached hydrogens (primary N) is 1. The Labute approximate surface area is 162 Å². The zero-order valence-electron chi connectivity index (χ0n) is 14.8. The number of nitrogens with one attached hydrogen (secondary N) is 3. The molecule has 0 heterocycles. The first-order valence-corrected chi connectivity index (χ1v) is 8.89. The number of rotatable bonds is 10. The summed E-state index contributed by atoms with van der Waals surface area (Å²) in [5, 5.41) is 16.2. The Kier molecular flexibility index (Phi) is 9.31.